The zero-order valence-corrected chi connectivity index (χ0v) is 17.8. The Hall–Kier alpha value is -1.48. The molecule has 3 aliphatic heterocycles. The number of carboxylic acid groups (broad SMARTS) is 1. The van der Waals surface area contributed by atoms with Gasteiger partial charge in [0, 0.05) is 53.4 Å². The van der Waals surface area contributed by atoms with Gasteiger partial charge in [-0.05, 0) is 13.5 Å². The highest BCUT2D eigenvalue weighted by Gasteiger charge is 2.48. The second kappa shape index (κ2) is 9.34. The van der Waals surface area contributed by atoms with E-state index in [9.17, 15) is 26.4 Å². The van der Waals surface area contributed by atoms with Crippen LogP contribution in [0.5, 0.6) is 0 Å². The van der Waals surface area contributed by atoms with E-state index >= 15 is 0 Å². The molecule has 1 amide bonds. The number of morpholine rings is 1. The second-order valence-corrected chi connectivity index (χ2v) is 9.82. The minimum absolute atomic E-state index is 0.120. The molecule has 30 heavy (non-hydrogen) atoms. The fourth-order valence-electron chi connectivity index (χ4n) is 3.56. The van der Waals surface area contributed by atoms with Crippen molar-refractivity contribution in [1.29, 1.82) is 0 Å². The third-order valence-electron chi connectivity index (χ3n) is 5.29. The van der Waals surface area contributed by atoms with Gasteiger partial charge in [0.25, 0.3) is 10.2 Å². The average Bonchev–Trinajstić information content (AvgIpc) is 2.94. The van der Waals surface area contributed by atoms with Crippen LogP contribution in [0.25, 0.3) is 0 Å². The van der Waals surface area contributed by atoms with Gasteiger partial charge in [-0.15, -0.1) is 0 Å². The Balaban J connectivity index is 0.000000396. The summed E-state index contributed by atoms with van der Waals surface area (Å²) >= 11 is 0. The number of halogens is 3. The van der Waals surface area contributed by atoms with Crippen molar-refractivity contribution in [2.24, 2.45) is 5.92 Å². The first-order chi connectivity index (χ1) is 13.7. The minimum Gasteiger partial charge on any atom is -0.475 e. The molecule has 3 heterocycles. The summed E-state index contributed by atoms with van der Waals surface area (Å²) in [6, 6.07) is 0. The molecule has 0 spiro atoms. The van der Waals surface area contributed by atoms with Gasteiger partial charge in [-0.2, -0.15) is 30.2 Å². The van der Waals surface area contributed by atoms with E-state index in [1.165, 1.54) is 22.7 Å². The number of hydrogen-bond donors (Lipinski definition) is 1. The lowest BCUT2D eigenvalue weighted by molar-refractivity contribution is -0.192. The first kappa shape index (κ1) is 24.8. The summed E-state index contributed by atoms with van der Waals surface area (Å²) < 4.78 is 64.9. The number of carbonyl (C=O) groups is 2. The Morgan fingerprint density at radius 1 is 1.10 bits per heavy atom. The summed E-state index contributed by atoms with van der Waals surface area (Å²) in [5, 5.41) is 7.12. The maximum atomic E-state index is 12.8. The molecule has 3 aliphatic rings. The molecule has 0 aliphatic carbocycles. The molecule has 3 fully saturated rings. The number of aliphatic carboxylic acids is 1. The van der Waals surface area contributed by atoms with Crippen LogP contribution >= 0.6 is 0 Å². The molecule has 0 saturated carbocycles. The Morgan fingerprint density at radius 2 is 1.63 bits per heavy atom. The lowest BCUT2D eigenvalue weighted by Crippen LogP contribution is -2.53. The van der Waals surface area contributed by atoms with Crippen molar-refractivity contribution >= 4 is 22.1 Å². The van der Waals surface area contributed by atoms with Crippen molar-refractivity contribution in [2.75, 3.05) is 60.4 Å². The third kappa shape index (κ3) is 5.81. The van der Waals surface area contributed by atoms with Crippen molar-refractivity contribution in [3.05, 3.63) is 0 Å². The normalized spacial score (nSPS) is 28.2. The summed E-state index contributed by atoms with van der Waals surface area (Å²) in [4.78, 5) is 25.8. The van der Waals surface area contributed by atoms with E-state index in [1.807, 2.05) is 4.90 Å². The van der Waals surface area contributed by atoms with Gasteiger partial charge in [0.05, 0.1) is 18.1 Å². The molecule has 0 aromatic rings. The molecule has 0 aromatic heterocycles. The van der Waals surface area contributed by atoms with Gasteiger partial charge in [-0.1, -0.05) is 0 Å². The van der Waals surface area contributed by atoms with Crippen LogP contribution in [0.4, 0.5) is 13.2 Å². The number of ether oxygens (including phenoxy) is 1. The van der Waals surface area contributed by atoms with Crippen LogP contribution in [0.1, 0.15) is 6.42 Å². The fraction of sp³-hybridized carbons (Fsp3) is 0.875. The maximum absolute atomic E-state index is 12.8. The molecule has 3 atom stereocenters. The van der Waals surface area contributed by atoms with Crippen LogP contribution in [-0.4, -0.2) is 123 Å². The van der Waals surface area contributed by atoms with Gasteiger partial charge in [0.1, 0.15) is 0 Å². The van der Waals surface area contributed by atoms with E-state index in [0.29, 0.717) is 13.0 Å². The zero-order valence-electron chi connectivity index (χ0n) is 17.0. The molecule has 0 aromatic carbocycles. The van der Waals surface area contributed by atoms with Crippen LogP contribution in [0.15, 0.2) is 0 Å². The minimum atomic E-state index is -5.08. The molecule has 3 rings (SSSR count). The van der Waals surface area contributed by atoms with Crippen molar-refractivity contribution in [2.45, 2.75) is 24.8 Å². The summed E-state index contributed by atoms with van der Waals surface area (Å²) in [6.45, 7) is 3.85. The van der Waals surface area contributed by atoms with Gasteiger partial charge in [0.15, 0.2) is 0 Å². The molecule has 3 saturated heterocycles. The number of likely N-dealkylation sites (N-methyl/N-ethyl adjacent to an activating group) is 1. The fourth-order valence-corrected chi connectivity index (χ4v) is 4.72. The molecular formula is C16H27F3N4O6S. The lowest BCUT2D eigenvalue weighted by atomic mass is 9.98. The average molecular weight is 460 g/mol. The zero-order chi connectivity index (χ0) is 22.9. The van der Waals surface area contributed by atoms with E-state index in [-0.39, 0.29) is 30.6 Å². The molecule has 14 heteroatoms. The Kier molecular flexibility index (Phi) is 7.72. The van der Waals surface area contributed by atoms with Crippen LogP contribution in [0, 0.1) is 5.92 Å². The Morgan fingerprint density at radius 3 is 2.10 bits per heavy atom. The number of carbonyl (C=O) groups excluding carboxylic acids is 1. The monoisotopic (exact) mass is 460 g/mol. The predicted octanol–water partition coefficient (Wildman–Crippen LogP) is -0.711. The van der Waals surface area contributed by atoms with Gasteiger partial charge < -0.3 is 19.6 Å². The highest BCUT2D eigenvalue weighted by molar-refractivity contribution is 7.86. The summed E-state index contributed by atoms with van der Waals surface area (Å²) in [6.07, 6.45) is -4.96. The number of piperazine rings is 1. The highest BCUT2D eigenvalue weighted by atomic mass is 32.2. The number of rotatable bonds is 3. The number of amides is 1. The van der Waals surface area contributed by atoms with Crippen molar-refractivity contribution < 1.29 is 41.0 Å². The number of fused-ring (bicyclic) bond motifs is 2. The molecule has 0 radical (unpaired) electrons. The standard InChI is InChI=1S/C14H26N4O4S.C2HF3O2/c1-15(2)23(20,21)18-9-11-8-12(13(10-18)22-11)14(19)17-6-4-16(3)5-7-17;3-2(4,5)1(6)7/h11-13H,4-10H2,1-3H3;(H,6,7). The smallest absolute Gasteiger partial charge is 0.475 e. The van der Waals surface area contributed by atoms with Crippen molar-refractivity contribution in [3.8, 4) is 0 Å². The first-order valence-corrected chi connectivity index (χ1v) is 10.7. The Labute approximate surface area is 173 Å². The molecular weight excluding hydrogens is 433 g/mol. The summed E-state index contributed by atoms with van der Waals surface area (Å²) in [5.74, 6) is -2.85. The largest absolute Gasteiger partial charge is 0.490 e. The van der Waals surface area contributed by atoms with E-state index < -0.39 is 22.4 Å². The number of carboxylic acids is 1. The Bertz CT molecular complexity index is 740. The van der Waals surface area contributed by atoms with Crippen LogP contribution in [-0.2, 0) is 24.5 Å². The van der Waals surface area contributed by atoms with E-state index in [1.54, 1.807) is 0 Å². The number of nitrogens with zero attached hydrogens (tertiary/aromatic N) is 4. The van der Waals surface area contributed by atoms with E-state index in [2.05, 4.69) is 11.9 Å². The van der Waals surface area contributed by atoms with Gasteiger partial charge in [-0.3, -0.25) is 4.79 Å². The summed E-state index contributed by atoms with van der Waals surface area (Å²) in [5.41, 5.74) is 0. The van der Waals surface area contributed by atoms with Crippen LogP contribution in [0.3, 0.4) is 0 Å². The van der Waals surface area contributed by atoms with Crippen LogP contribution < -0.4 is 0 Å². The third-order valence-corrected chi connectivity index (χ3v) is 7.16. The maximum Gasteiger partial charge on any atom is 0.490 e. The van der Waals surface area contributed by atoms with E-state index in [0.717, 1.165) is 26.2 Å². The summed E-state index contributed by atoms with van der Waals surface area (Å²) in [7, 11) is 1.66. The SMILES string of the molecule is CN1CCN(C(=O)C2CC3CN(S(=O)(=O)N(C)C)CC2O3)CC1.O=C(O)C(F)(F)F. The van der Waals surface area contributed by atoms with Gasteiger partial charge in [-0.25, -0.2) is 4.79 Å². The highest BCUT2D eigenvalue weighted by Crippen LogP contribution is 2.34. The van der Waals surface area contributed by atoms with Crippen molar-refractivity contribution in [1.82, 2.24) is 18.4 Å². The number of alkyl halides is 3. The quantitative estimate of drug-likeness (QED) is 0.592. The van der Waals surface area contributed by atoms with Crippen LogP contribution in [0.2, 0.25) is 0 Å². The number of hydrogen-bond acceptors (Lipinski definition) is 6. The van der Waals surface area contributed by atoms with Gasteiger partial charge in [0.2, 0.25) is 5.91 Å². The van der Waals surface area contributed by atoms with E-state index in [4.69, 9.17) is 14.6 Å². The molecule has 1 N–H and O–H groups in total. The molecule has 3 unspecified atom stereocenters. The molecule has 2 bridgehead atoms. The topological polar surface area (TPSA) is 111 Å². The van der Waals surface area contributed by atoms with Crippen molar-refractivity contribution in [3.63, 3.8) is 0 Å². The molecule has 10 nitrogen and oxygen atoms in total. The lowest BCUT2D eigenvalue weighted by Gasteiger charge is -2.36. The second-order valence-electron chi connectivity index (χ2n) is 7.68. The van der Waals surface area contributed by atoms with Gasteiger partial charge >= 0.3 is 12.1 Å². The first-order valence-electron chi connectivity index (χ1n) is 9.34. The molecule has 174 valence electrons. The predicted molar refractivity (Wildman–Crippen MR) is 98.7 cm³/mol.